The molecule has 0 unspecified atom stereocenters. The lowest BCUT2D eigenvalue weighted by Gasteiger charge is -2.48. The van der Waals surface area contributed by atoms with E-state index in [-0.39, 0.29) is 12.1 Å². The van der Waals surface area contributed by atoms with E-state index in [1.807, 2.05) is 0 Å². The Balaban J connectivity index is 1.60. The maximum atomic E-state index is 14.0. The highest BCUT2D eigenvalue weighted by molar-refractivity contribution is 5.21. The Kier molecular flexibility index (Phi) is 2.68. The van der Waals surface area contributed by atoms with Crippen molar-refractivity contribution in [3.63, 3.8) is 0 Å². The normalized spacial score (nSPS) is 23.7. The summed E-state index contributed by atoms with van der Waals surface area (Å²) >= 11 is 0. The van der Waals surface area contributed by atoms with Crippen molar-refractivity contribution < 1.29 is 13.9 Å². The van der Waals surface area contributed by atoms with Crippen molar-refractivity contribution in [3.05, 3.63) is 35.9 Å². The van der Waals surface area contributed by atoms with Gasteiger partial charge in [-0.25, -0.2) is 0 Å². The monoisotopic (exact) mass is 253 g/mol. The average Bonchev–Trinajstić information content (AvgIpc) is 3.11. The molecule has 1 aromatic rings. The third-order valence-electron chi connectivity index (χ3n) is 3.95. The van der Waals surface area contributed by atoms with Gasteiger partial charge in [-0.15, -0.1) is 0 Å². The fourth-order valence-corrected chi connectivity index (χ4v) is 2.77. The van der Waals surface area contributed by atoms with Crippen molar-refractivity contribution in [2.24, 2.45) is 5.92 Å². The van der Waals surface area contributed by atoms with Gasteiger partial charge in [0.15, 0.2) is 0 Å². The molecule has 0 radical (unpaired) electrons. The molecule has 4 heteroatoms. The molecule has 0 spiro atoms. The fourth-order valence-electron chi connectivity index (χ4n) is 2.77. The number of benzene rings is 1. The van der Waals surface area contributed by atoms with Crippen LogP contribution >= 0.6 is 0 Å². The Bertz CT molecular complexity index is 425. The van der Waals surface area contributed by atoms with Crippen LogP contribution in [0.25, 0.3) is 0 Å². The van der Waals surface area contributed by atoms with Crippen LogP contribution in [0, 0.1) is 5.92 Å². The van der Waals surface area contributed by atoms with Gasteiger partial charge in [0.1, 0.15) is 0 Å². The molecule has 0 atom stereocenters. The van der Waals surface area contributed by atoms with Gasteiger partial charge >= 0.3 is 0 Å². The van der Waals surface area contributed by atoms with Crippen molar-refractivity contribution in [1.82, 2.24) is 4.90 Å². The van der Waals surface area contributed by atoms with E-state index in [9.17, 15) is 13.9 Å². The molecule has 98 valence electrons. The van der Waals surface area contributed by atoms with Crippen LogP contribution in [-0.2, 0) is 5.92 Å². The lowest BCUT2D eigenvalue weighted by atomic mass is 9.88. The van der Waals surface area contributed by atoms with Crippen molar-refractivity contribution in [1.29, 1.82) is 0 Å². The van der Waals surface area contributed by atoms with Gasteiger partial charge in [0, 0.05) is 18.7 Å². The molecule has 2 fully saturated rings. The lowest BCUT2D eigenvalue weighted by molar-refractivity contribution is -0.147. The standard InChI is InChI=1S/C14H17F2NO/c15-14(16,12-4-2-1-3-5-12)10-17-8-13(18,9-17)11-6-7-11/h1-5,11,18H,6-10H2. The number of hydrogen-bond acceptors (Lipinski definition) is 2. The largest absolute Gasteiger partial charge is 0.387 e. The van der Waals surface area contributed by atoms with E-state index < -0.39 is 11.5 Å². The number of likely N-dealkylation sites (tertiary alicyclic amines) is 1. The van der Waals surface area contributed by atoms with Gasteiger partial charge in [0.25, 0.3) is 5.92 Å². The summed E-state index contributed by atoms with van der Waals surface area (Å²) in [6.07, 6.45) is 2.08. The Morgan fingerprint density at radius 2 is 1.83 bits per heavy atom. The first-order valence-corrected chi connectivity index (χ1v) is 6.38. The minimum atomic E-state index is -2.84. The van der Waals surface area contributed by atoms with Crippen LogP contribution in [0.4, 0.5) is 8.78 Å². The first-order valence-electron chi connectivity index (χ1n) is 6.38. The summed E-state index contributed by atoms with van der Waals surface area (Å²) in [5.74, 6) is -2.49. The summed E-state index contributed by atoms with van der Waals surface area (Å²) in [6, 6.07) is 7.88. The molecule has 1 aliphatic carbocycles. The third kappa shape index (κ3) is 2.15. The van der Waals surface area contributed by atoms with E-state index in [0.717, 1.165) is 12.8 Å². The van der Waals surface area contributed by atoms with Crippen LogP contribution in [0.3, 0.4) is 0 Å². The van der Waals surface area contributed by atoms with Crippen LogP contribution in [-0.4, -0.2) is 35.2 Å². The topological polar surface area (TPSA) is 23.5 Å². The minimum Gasteiger partial charge on any atom is -0.387 e. The van der Waals surface area contributed by atoms with Crippen molar-refractivity contribution >= 4 is 0 Å². The summed E-state index contributed by atoms with van der Waals surface area (Å²) < 4.78 is 27.9. The van der Waals surface area contributed by atoms with Gasteiger partial charge in [-0.1, -0.05) is 30.3 Å². The Morgan fingerprint density at radius 1 is 1.22 bits per heavy atom. The first kappa shape index (κ1) is 12.1. The minimum absolute atomic E-state index is 0.0480. The lowest BCUT2D eigenvalue weighted by Crippen LogP contribution is -2.64. The molecule has 1 aromatic carbocycles. The van der Waals surface area contributed by atoms with E-state index in [0.29, 0.717) is 19.0 Å². The molecule has 0 amide bonds. The Morgan fingerprint density at radius 3 is 2.39 bits per heavy atom. The van der Waals surface area contributed by atoms with Crippen molar-refractivity contribution in [2.45, 2.75) is 24.4 Å². The zero-order valence-electron chi connectivity index (χ0n) is 10.1. The predicted octanol–water partition coefficient (Wildman–Crippen LogP) is 2.24. The molecule has 1 aliphatic heterocycles. The molecular formula is C14H17F2NO. The highest BCUT2D eigenvalue weighted by Gasteiger charge is 2.53. The van der Waals surface area contributed by atoms with Crippen LogP contribution < -0.4 is 0 Å². The second kappa shape index (κ2) is 4.00. The van der Waals surface area contributed by atoms with Gasteiger partial charge in [0.2, 0.25) is 0 Å². The Labute approximate surface area is 105 Å². The molecule has 3 rings (SSSR count). The molecule has 0 bridgehead atoms. The zero-order chi connectivity index (χ0) is 12.8. The number of halogens is 2. The highest BCUT2D eigenvalue weighted by atomic mass is 19.3. The molecule has 1 saturated carbocycles. The summed E-state index contributed by atoms with van der Waals surface area (Å²) in [6.45, 7) is 0.478. The zero-order valence-corrected chi connectivity index (χ0v) is 10.1. The number of β-amino-alcohol motifs (C(OH)–C–C–N with tert-alkyl or cyclic N) is 1. The van der Waals surface area contributed by atoms with Gasteiger partial charge in [0.05, 0.1) is 12.1 Å². The first-order chi connectivity index (χ1) is 8.50. The molecule has 0 aromatic heterocycles. The number of alkyl halides is 2. The predicted molar refractivity (Wildman–Crippen MR) is 64.4 cm³/mol. The van der Waals surface area contributed by atoms with Gasteiger partial charge in [-0.05, 0) is 18.8 Å². The molecule has 1 heterocycles. The summed E-state index contributed by atoms with van der Waals surface area (Å²) in [5.41, 5.74) is -0.640. The number of nitrogens with zero attached hydrogens (tertiary/aromatic N) is 1. The van der Waals surface area contributed by atoms with E-state index in [1.165, 1.54) is 12.1 Å². The second-order valence-corrected chi connectivity index (χ2v) is 5.59. The second-order valence-electron chi connectivity index (χ2n) is 5.59. The van der Waals surface area contributed by atoms with E-state index in [1.54, 1.807) is 23.1 Å². The van der Waals surface area contributed by atoms with E-state index in [2.05, 4.69) is 0 Å². The van der Waals surface area contributed by atoms with Gasteiger partial charge in [-0.3, -0.25) is 4.90 Å². The van der Waals surface area contributed by atoms with Crippen LogP contribution in [0.1, 0.15) is 18.4 Å². The van der Waals surface area contributed by atoms with E-state index in [4.69, 9.17) is 0 Å². The maximum absolute atomic E-state index is 14.0. The number of hydrogen-bond donors (Lipinski definition) is 1. The van der Waals surface area contributed by atoms with Crippen molar-refractivity contribution in [2.75, 3.05) is 19.6 Å². The fraction of sp³-hybridized carbons (Fsp3) is 0.571. The quantitative estimate of drug-likeness (QED) is 0.889. The molecule has 1 N–H and O–H groups in total. The summed E-state index contributed by atoms with van der Waals surface area (Å²) in [4.78, 5) is 1.64. The molecule has 1 saturated heterocycles. The Hall–Kier alpha value is -1.00. The summed E-state index contributed by atoms with van der Waals surface area (Å²) in [5, 5.41) is 10.1. The average molecular weight is 253 g/mol. The van der Waals surface area contributed by atoms with Crippen LogP contribution in [0.15, 0.2) is 30.3 Å². The van der Waals surface area contributed by atoms with Crippen LogP contribution in [0.5, 0.6) is 0 Å². The molecular weight excluding hydrogens is 236 g/mol. The van der Waals surface area contributed by atoms with Gasteiger partial charge < -0.3 is 5.11 Å². The number of aliphatic hydroxyl groups is 1. The maximum Gasteiger partial charge on any atom is 0.285 e. The van der Waals surface area contributed by atoms with Crippen molar-refractivity contribution in [3.8, 4) is 0 Å². The summed E-state index contributed by atoms with van der Waals surface area (Å²) in [7, 11) is 0. The van der Waals surface area contributed by atoms with E-state index >= 15 is 0 Å². The molecule has 2 aliphatic rings. The van der Waals surface area contributed by atoms with Crippen LogP contribution in [0.2, 0.25) is 0 Å². The molecule has 18 heavy (non-hydrogen) atoms. The van der Waals surface area contributed by atoms with Gasteiger partial charge in [-0.2, -0.15) is 8.78 Å². The highest BCUT2D eigenvalue weighted by Crippen LogP contribution is 2.45. The molecule has 2 nitrogen and oxygen atoms in total. The number of rotatable bonds is 4. The smallest absolute Gasteiger partial charge is 0.285 e. The SMILES string of the molecule is OC1(C2CC2)CN(CC(F)(F)c2ccccc2)C1. The third-order valence-corrected chi connectivity index (χ3v) is 3.95.